The maximum absolute atomic E-state index is 13.4. The zero-order valence-corrected chi connectivity index (χ0v) is 16.3. The number of ether oxygens (including phenoxy) is 1. The predicted octanol–water partition coefficient (Wildman–Crippen LogP) is 4.36. The standard InChI is InChI=1S/C22H30O4/c1-12(2)16-9-18(24)19-21(4)7-5-6-14(11-26-13(3)23)17(21)8-15-10-22(15,19)20(16)25/h6,12,15-17,24H,5,7-11H2,1-4H3/t15-,16?,17?,21+,22-/m1/s1. The van der Waals surface area contributed by atoms with Crippen molar-refractivity contribution in [2.45, 2.75) is 59.8 Å². The fourth-order valence-electron chi connectivity index (χ4n) is 6.34. The third-order valence-corrected chi connectivity index (χ3v) is 7.65. The Balaban J connectivity index is 1.74. The maximum atomic E-state index is 13.4. The lowest BCUT2D eigenvalue weighted by atomic mass is 9.51. The topological polar surface area (TPSA) is 63.6 Å². The number of allylic oxidation sites excluding steroid dienone is 3. The van der Waals surface area contributed by atoms with E-state index in [9.17, 15) is 14.7 Å². The van der Waals surface area contributed by atoms with Gasteiger partial charge in [0.15, 0.2) is 0 Å². The van der Waals surface area contributed by atoms with Gasteiger partial charge in [0.2, 0.25) is 0 Å². The number of rotatable bonds is 3. The molecule has 0 aromatic heterocycles. The summed E-state index contributed by atoms with van der Waals surface area (Å²) in [7, 11) is 0. The van der Waals surface area contributed by atoms with Gasteiger partial charge in [-0.3, -0.25) is 9.59 Å². The van der Waals surface area contributed by atoms with E-state index in [0.717, 1.165) is 31.3 Å². The molecule has 4 rings (SSSR count). The van der Waals surface area contributed by atoms with Crippen LogP contribution in [0.15, 0.2) is 23.0 Å². The van der Waals surface area contributed by atoms with Crippen molar-refractivity contribution in [3.05, 3.63) is 23.0 Å². The van der Waals surface area contributed by atoms with E-state index < -0.39 is 5.41 Å². The summed E-state index contributed by atoms with van der Waals surface area (Å²) in [4.78, 5) is 24.7. The zero-order valence-electron chi connectivity index (χ0n) is 16.3. The molecular formula is C22H30O4. The third kappa shape index (κ3) is 2.26. The highest BCUT2D eigenvalue weighted by atomic mass is 16.5. The van der Waals surface area contributed by atoms with Crippen molar-refractivity contribution in [1.29, 1.82) is 0 Å². The fourth-order valence-corrected chi connectivity index (χ4v) is 6.34. The Kier molecular flexibility index (Phi) is 3.91. The second kappa shape index (κ2) is 5.71. The summed E-state index contributed by atoms with van der Waals surface area (Å²) in [5.74, 6) is 1.40. The first kappa shape index (κ1) is 17.8. The Morgan fingerprint density at radius 3 is 2.81 bits per heavy atom. The fraction of sp³-hybridized carbons (Fsp3) is 0.727. The van der Waals surface area contributed by atoms with Crippen molar-refractivity contribution in [3.63, 3.8) is 0 Å². The molecule has 26 heavy (non-hydrogen) atoms. The number of Topliss-reactive ketones (excluding diaryl/α,β-unsaturated/α-hetero) is 1. The summed E-state index contributed by atoms with van der Waals surface area (Å²) in [6, 6.07) is 0. The van der Waals surface area contributed by atoms with Crippen molar-refractivity contribution in [3.8, 4) is 0 Å². The number of aliphatic hydroxyl groups excluding tert-OH is 1. The average Bonchev–Trinajstić information content (AvgIpc) is 3.27. The van der Waals surface area contributed by atoms with E-state index >= 15 is 0 Å². The van der Waals surface area contributed by atoms with Gasteiger partial charge in [-0.2, -0.15) is 0 Å². The van der Waals surface area contributed by atoms with Gasteiger partial charge in [-0.05, 0) is 60.0 Å². The predicted molar refractivity (Wildman–Crippen MR) is 98.3 cm³/mol. The number of carbonyl (C=O) groups excluding carboxylic acids is 2. The van der Waals surface area contributed by atoms with E-state index in [4.69, 9.17) is 4.74 Å². The largest absolute Gasteiger partial charge is 0.512 e. The highest BCUT2D eigenvalue weighted by molar-refractivity contribution is 5.95. The molecule has 1 spiro atoms. The van der Waals surface area contributed by atoms with Gasteiger partial charge >= 0.3 is 5.97 Å². The van der Waals surface area contributed by atoms with E-state index in [1.165, 1.54) is 12.5 Å². The van der Waals surface area contributed by atoms with Crippen molar-refractivity contribution < 1.29 is 19.4 Å². The minimum absolute atomic E-state index is 0.0523. The molecule has 0 radical (unpaired) electrons. The first-order chi connectivity index (χ1) is 12.2. The first-order valence-corrected chi connectivity index (χ1v) is 10.0. The van der Waals surface area contributed by atoms with E-state index in [1.807, 2.05) is 0 Å². The van der Waals surface area contributed by atoms with Crippen LogP contribution in [0.4, 0.5) is 0 Å². The van der Waals surface area contributed by atoms with E-state index in [1.54, 1.807) is 0 Å². The maximum Gasteiger partial charge on any atom is 0.302 e. The van der Waals surface area contributed by atoms with Crippen LogP contribution < -0.4 is 0 Å². The van der Waals surface area contributed by atoms with Crippen LogP contribution in [0.2, 0.25) is 0 Å². The lowest BCUT2D eigenvalue weighted by Crippen LogP contribution is -2.49. The summed E-state index contributed by atoms with van der Waals surface area (Å²) < 4.78 is 5.30. The van der Waals surface area contributed by atoms with E-state index in [2.05, 4.69) is 26.8 Å². The number of hydrogen-bond donors (Lipinski definition) is 1. The molecule has 2 unspecified atom stereocenters. The first-order valence-electron chi connectivity index (χ1n) is 10.0. The van der Waals surface area contributed by atoms with Gasteiger partial charge in [0, 0.05) is 19.3 Å². The highest BCUT2D eigenvalue weighted by Gasteiger charge is 2.72. The van der Waals surface area contributed by atoms with Crippen LogP contribution in [0.25, 0.3) is 0 Å². The lowest BCUT2D eigenvalue weighted by Gasteiger charge is -2.52. The van der Waals surface area contributed by atoms with Crippen molar-refractivity contribution >= 4 is 11.8 Å². The Hall–Kier alpha value is -1.58. The summed E-state index contributed by atoms with van der Waals surface area (Å²) in [6.07, 6.45) is 6.42. The van der Waals surface area contributed by atoms with Gasteiger partial charge in [0.05, 0.1) is 11.2 Å². The summed E-state index contributed by atoms with van der Waals surface area (Å²) >= 11 is 0. The van der Waals surface area contributed by atoms with Crippen molar-refractivity contribution in [1.82, 2.24) is 0 Å². The minimum Gasteiger partial charge on any atom is -0.512 e. The van der Waals surface area contributed by atoms with E-state index in [0.29, 0.717) is 30.5 Å². The SMILES string of the molecule is CC(=O)OCC1=CCC[C@]2(C)C3=C(O)CC(C(C)C)C(=O)[C@@]34C[C@H]4CC12. The summed E-state index contributed by atoms with van der Waals surface area (Å²) in [5, 5.41) is 11.1. The van der Waals surface area contributed by atoms with Crippen LogP contribution in [0.5, 0.6) is 0 Å². The van der Waals surface area contributed by atoms with E-state index in [-0.39, 0.29) is 29.1 Å². The molecule has 2 fully saturated rings. The molecule has 1 N–H and O–H groups in total. The molecule has 4 heteroatoms. The monoisotopic (exact) mass is 358 g/mol. The molecular weight excluding hydrogens is 328 g/mol. The van der Waals surface area contributed by atoms with Gasteiger partial charge in [-0.1, -0.05) is 26.8 Å². The van der Waals surface area contributed by atoms with Crippen molar-refractivity contribution in [2.75, 3.05) is 6.61 Å². The smallest absolute Gasteiger partial charge is 0.302 e. The van der Waals surface area contributed by atoms with Crippen LogP contribution in [0.3, 0.4) is 0 Å². The molecule has 0 aliphatic heterocycles. The van der Waals surface area contributed by atoms with Crippen LogP contribution in [0, 0.1) is 34.5 Å². The number of esters is 1. The second-order valence-corrected chi connectivity index (χ2v) is 9.42. The van der Waals surface area contributed by atoms with Crippen LogP contribution in [-0.4, -0.2) is 23.5 Å². The Morgan fingerprint density at radius 1 is 1.42 bits per heavy atom. The number of carbonyl (C=O) groups is 2. The third-order valence-electron chi connectivity index (χ3n) is 7.65. The van der Waals surface area contributed by atoms with Crippen LogP contribution >= 0.6 is 0 Å². The van der Waals surface area contributed by atoms with Crippen LogP contribution in [-0.2, 0) is 14.3 Å². The van der Waals surface area contributed by atoms with Crippen molar-refractivity contribution in [2.24, 2.45) is 34.5 Å². The molecule has 5 atom stereocenters. The number of fused-ring (bicyclic) bond motifs is 2. The summed E-state index contributed by atoms with van der Waals surface area (Å²) in [5.41, 5.74) is 1.63. The van der Waals surface area contributed by atoms with Gasteiger partial charge in [0.25, 0.3) is 0 Å². The average molecular weight is 358 g/mol. The molecule has 2 saturated carbocycles. The normalized spacial score (nSPS) is 41.2. The molecule has 4 aliphatic carbocycles. The number of hydrogen-bond acceptors (Lipinski definition) is 4. The van der Waals surface area contributed by atoms with Gasteiger partial charge in [-0.15, -0.1) is 0 Å². The molecule has 4 nitrogen and oxygen atoms in total. The molecule has 0 saturated heterocycles. The number of aliphatic hydroxyl groups is 1. The quantitative estimate of drug-likeness (QED) is 0.601. The summed E-state index contributed by atoms with van der Waals surface area (Å²) in [6.45, 7) is 8.18. The molecule has 142 valence electrons. The lowest BCUT2D eigenvalue weighted by molar-refractivity contribution is -0.140. The Labute approximate surface area is 155 Å². The minimum atomic E-state index is -0.396. The van der Waals surface area contributed by atoms with Gasteiger partial charge < -0.3 is 9.84 Å². The number of ketones is 1. The zero-order chi connectivity index (χ0) is 18.9. The molecule has 0 amide bonds. The molecule has 0 aromatic rings. The van der Waals surface area contributed by atoms with Crippen LogP contribution in [0.1, 0.15) is 59.8 Å². The molecule has 0 aromatic carbocycles. The van der Waals surface area contributed by atoms with Gasteiger partial charge in [0.1, 0.15) is 12.4 Å². The Morgan fingerprint density at radius 2 is 2.15 bits per heavy atom. The molecule has 4 aliphatic rings. The van der Waals surface area contributed by atoms with Gasteiger partial charge in [-0.25, -0.2) is 0 Å². The Bertz CT molecular complexity index is 730. The second-order valence-electron chi connectivity index (χ2n) is 9.42. The molecule has 0 bridgehead atoms. The molecule has 0 heterocycles. The highest BCUT2D eigenvalue weighted by Crippen LogP contribution is 2.75.